The molecular weight excluding hydrogens is 535 g/mol. The van der Waals surface area contributed by atoms with Gasteiger partial charge >= 0.3 is 0 Å². The zero-order valence-corrected chi connectivity index (χ0v) is 21.3. The van der Waals surface area contributed by atoms with Gasteiger partial charge in [-0.15, -0.1) is 35.3 Å². The molecule has 1 aliphatic heterocycles. The summed E-state index contributed by atoms with van der Waals surface area (Å²) < 4.78 is 26.0. The molecule has 1 atom stereocenters. The van der Waals surface area contributed by atoms with Crippen LogP contribution in [0, 0.1) is 5.92 Å². The van der Waals surface area contributed by atoms with Gasteiger partial charge in [-0.25, -0.2) is 12.7 Å². The minimum absolute atomic E-state index is 0. The number of nitrogens with zero attached hydrogens (tertiary/aromatic N) is 2. The number of guanidine groups is 1. The van der Waals surface area contributed by atoms with Crippen molar-refractivity contribution in [3.63, 3.8) is 0 Å². The van der Waals surface area contributed by atoms with Crippen molar-refractivity contribution in [2.75, 3.05) is 39.0 Å². The molecule has 1 saturated heterocycles. The highest BCUT2D eigenvalue weighted by atomic mass is 127. The molecule has 1 unspecified atom stereocenters. The molecule has 1 fully saturated rings. The van der Waals surface area contributed by atoms with Crippen molar-refractivity contribution < 1.29 is 13.5 Å². The Balaban J connectivity index is 0.00000320. The summed E-state index contributed by atoms with van der Waals surface area (Å²) in [5.74, 6) is 1.09. The van der Waals surface area contributed by atoms with Crippen LogP contribution in [-0.2, 0) is 10.0 Å². The first-order valence-electron chi connectivity index (χ1n) is 10.0. The maximum atomic E-state index is 11.6. The Bertz CT molecular complexity index is 907. The third-order valence-electron chi connectivity index (χ3n) is 5.14. The van der Waals surface area contributed by atoms with Crippen molar-refractivity contribution in [2.45, 2.75) is 25.9 Å². The number of hydrogen-bond acceptors (Lipinski definition) is 5. The van der Waals surface area contributed by atoms with Gasteiger partial charge in [0.25, 0.3) is 0 Å². The van der Waals surface area contributed by atoms with E-state index in [1.165, 1.54) is 6.26 Å². The van der Waals surface area contributed by atoms with Crippen LogP contribution in [0.4, 0.5) is 0 Å². The van der Waals surface area contributed by atoms with Crippen LogP contribution in [0.3, 0.4) is 0 Å². The summed E-state index contributed by atoms with van der Waals surface area (Å²) in [4.78, 5) is 5.46. The van der Waals surface area contributed by atoms with Crippen molar-refractivity contribution >= 4 is 61.4 Å². The fraction of sp³-hybridized carbons (Fsp3) is 0.550. The SMILES string of the molecule is CCNC(=NCC(O)c1cc2ccccc2s1)NCC1CCN(S(C)(=O)=O)CC1.I. The lowest BCUT2D eigenvalue weighted by Crippen LogP contribution is -2.44. The van der Waals surface area contributed by atoms with Gasteiger partial charge in [-0.3, -0.25) is 4.99 Å². The summed E-state index contributed by atoms with van der Waals surface area (Å²) in [6.45, 7) is 4.91. The standard InChI is InChI=1S/C20H30N4O3S2.HI/c1-3-21-20(22-13-15-8-10-24(11-9-15)29(2,26)27)23-14-17(25)19-12-16-6-4-5-7-18(16)28-19;/h4-7,12,15,17,25H,3,8-11,13-14H2,1-2H3,(H2,21,22,23);1H. The van der Waals surface area contributed by atoms with Gasteiger partial charge in [-0.2, -0.15) is 0 Å². The first-order chi connectivity index (χ1) is 13.9. The molecule has 0 radical (unpaired) electrons. The Morgan fingerprint density at radius 1 is 1.30 bits per heavy atom. The summed E-state index contributed by atoms with van der Waals surface area (Å²) in [5, 5.41) is 18.2. The van der Waals surface area contributed by atoms with Crippen LogP contribution in [-0.4, -0.2) is 62.8 Å². The zero-order chi connectivity index (χ0) is 20.9. The van der Waals surface area contributed by atoms with E-state index in [1.807, 2.05) is 31.2 Å². The summed E-state index contributed by atoms with van der Waals surface area (Å²) >= 11 is 1.59. The summed E-state index contributed by atoms with van der Waals surface area (Å²) in [6.07, 6.45) is 2.30. The number of aliphatic imine (C=N–C) groups is 1. The summed E-state index contributed by atoms with van der Waals surface area (Å²) in [5.41, 5.74) is 0. The van der Waals surface area contributed by atoms with E-state index in [-0.39, 0.29) is 30.5 Å². The van der Waals surface area contributed by atoms with Crippen LogP contribution in [0.25, 0.3) is 10.1 Å². The number of piperidine rings is 1. The number of halogens is 1. The molecule has 3 rings (SSSR count). The Hall–Kier alpha value is -0.950. The average molecular weight is 567 g/mol. The number of rotatable bonds is 7. The van der Waals surface area contributed by atoms with Crippen LogP contribution in [0.15, 0.2) is 35.3 Å². The first-order valence-corrected chi connectivity index (χ1v) is 12.7. The van der Waals surface area contributed by atoms with Crippen LogP contribution >= 0.6 is 35.3 Å². The van der Waals surface area contributed by atoms with Crippen LogP contribution in [0.1, 0.15) is 30.7 Å². The van der Waals surface area contributed by atoms with E-state index < -0.39 is 16.1 Å². The molecule has 2 aromatic rings. The second-order valence-corrected chi connectivity index (χ2v) is 10.5. The van der Waals surface area contributed by atoms with Gasteiger partial charge in [0.2, 0.25) is 10.0 Å². The third-order valence-corrected chi connectivity index (χ3v) is 7.66. The normalized spacial score (nSPS) is 17.5. The van der Waals surface area contributed by atoms with Gasteiger partial charge in [0.15, 0.2) is 5.96 Å². The van der Waals surface area contributed by atoms with Gasteiger partial charge in [0.1, 0.15) is 6.10 Å². The van der Waals surface area contributed by atoms with E-state index in [2.05, 4.69) is 21.7 Å². The maximum Gasteiger partial charge on any atom is 0.211 e. The van der Waals surface area contributed by atoms with E-state index in [0.717, 1.165) is 40.9 Å². The first kappa shape index (κ1) is 25.3. The largest absolute Gasteiger partial charge is 0.386 e. The molecular formula is C20H31IN4O3S2. The minimum Gasteiger partial charge on any atom is -0.386 e. The monoisotopic (exact) mass is 566 g/mol. The van der Waals surface area contributed by atoms with Gasteiger partial charge in [-0.1, -0.05) is 18.2 Å². The number of benzene rings is 1. The fourth-order valence-electron chi connectivity index (χ4n) is 3.46. The predicted molar refractivity (Wildman–Crippen MR) is 135 cm³/mol. The molecule has 0 amide bonds. The van der Waals surface area contributed by atoms with Crippen molar-refractivity contribution in [2.24, 2.45) is 10.9 Å². The Labute approximate surface area is 200 Å². The van der Waals surface area contributed by atoms with Gasteiger partial charge < -0.3 is 15.7 Å². The highest BCUT2D eigenvalue weighted by Gasteiger charge is 2.24. The molecule has 3 N–H and O–H groups in total. The topological polar surface area (TPSA) is 94.0 Å². The number of aliphatic hydroxyl groups excluding tert-OH is 1. The number of aliphatic hydroxyl groups is 1. The van der Waals surface area contributed by atoms with Gasteiger partial charge in [0, 0.05) is 35.8 Å². The Kier molecular flexibility index (Phi) is 9.79. The van der Waals surface area contributed by atoms with E-state index in [9.17, 15) is 13.5 Å². The van der Waals surface area contributed by atoms with Crippen LogP contribution < -0.4 is 10.6 Å². The number of thiophene rings is 1. The fourth-order valence-corrected chi connectivity index (χ4v) is 5.38. The number of nitrogens with one attached hydrogen (secondary N) is 2. The summed E-state index contributed by atoms with van der Waals surface area (Å²) in [6, 6.07) is 10.1. The molecule has 0 bridgehead atoms. The molecule has 0 spiro atoms. The lowest BCUT2D eigenvalue weighted by atomic mass is 9.98. The molecule has 1 aromatic heterocycles. The van der Waals surface area contributed by atoms with E-state index in [4.69, 9.17) is 0 Å². The van der Waals surface area contributed by atoms with E-state index in [0.29, 0.717) is 25.0 Å². The quantitative estimate of drug-likeness (QED) is 0.272. The zero-order valence-electron chi connectivity index (χ0n) is 17.4. The third kappa shape index (κ3) is 7.04. The van der Waals surface area contributed by atoms with Crippen molar-refractivity contribution in [3.05, 3.63) is 35.2 Å². The molecule has 1 aromatic carbocycles. The van der Waals surface area contributed by atoms with Gasteiger partial charge in [0.05, 0.1) is 12.8 Å². The number of sulfonamides is 1. The second-order valence-electron chi connectivity index (χ2n) is 7.41. The highest BCUT2D eigenvalue weighted by Crippen LogP contribution is 2.29. The molecule has 2 heterocycles. The molecule has 1 aliphatic rings. The molecule has 10 heteroatoms. The molecule has 168 valence electrons. The molecule has 30 heavy (non-hydrogen) atoms. The molecule has 7 nitrogen and oxygen atoms in total. The lowest BCUT2D eigenvalue weighted by molar-refractivity contribution is 0.191. The Morgan fingerprint density at radius 3 is 2.63 bits per heavy atom. The second kappa shape index (κ2) is 11.6. The van der Waals surface area contributed by atoms with Crippen LogP contribution in [0.5, 0.6) is 0 Å². The molecule has 0 saturated carbocycles. The van der Waals surface area contributed by atoms with Gasteiger partial charge in [-0.05, 0) is 43.2 Å². The lowest BCUT2D eigenvalue weighted by Gasteiger charge is -2.30. The Morgan fingerprint density at radius 2 is 2.00 bits per heavy atom. The van der Waals surface area contributed by atoms with Crippen molar-refractivity contribution in [3.8, 4) is 0 Å². The molecule has 0 aliphatic carbocycles. The smallest absolute Gasteiger partial charge is 0.211 e. The highest BCUT2D eigenvalue weighted by molar-refractivity contribution is 14.0. The van der Waals surface area contributed by atoms with E-state index >= 15 is 0 Å². The maximum absolute atomic E-state index is 11.6. The van der Waals surface area contributed by atoms with Crippen molar-refractivity contribution in [1.29, 1.82) is 0 Å². The van der Waals surface area contributed by atoms with E-state index in [1.54, 1.807) is 15.6 Å². The van der Waals surface area contributed by atoms with Crippen LogP contribution in [0.2, 0.25) is 0 Å². The number of hydrogen-bond donors (Lipinski definition) is 3. The average Bonchev–Trinajstić information content (AvgIpc) is 3.14. The van der Waals surface area contributed by atoms with Crippen molar-refractivity contribution in [1.82, 2.24) is 14.9 Å². The number of fused-ring (bicyclic) bond motifs is 1. The minimum atomic E-state index is -3.09. The predicted octanol–water partition coefficient (Wildman–Crippen LogP) is 2.78. The summed E-state index contributed by atoms with van der Waals surface area (Å²) in [7, 11) is -3.09.